The van der Waals surface area contributed by atoms with Crippen LogP contribution in [0.5, 0.6) is 0 Å². The summed E-state index contributed by atoms with van der Waals surface area (Å²) in [5, 5.41) is 0. The molecule has 0 saturated carbocycles. The van der Waals surface area contributed by atoms with Crippen molar-refractivity contribution in [1.29, 1.82) is 0 Å². The molecule has 1 fully saturated rings. The summed E-state index contributed by atoms with van der Waals surface area (Å²) >= 11 is 0. The molecule has 4 nitrogen and oxygen atoms in total. The van der Waals surface area contributed by atoms with E-state index in [-0.39, 0.29) is 12.4 Å². The number of aromatic nitrogens is 2. The van der Waals surface area contributed by atoms with Gasteiger partial charge in [0, 0.05) is 24.5 Å². The Balaban J connectivity index is 0.00000144. The summed E-state index contributed by atoms with van der Waals surface area (Å²) in [5.74, 6) is 1.47. The predicted octanol–water partition coefficient (Wildman–Crippen LogP) is 1.69. The number of nitrogens with zero attached hydrogens (tertiary/aromatic N) is 3. The molecule has 0 amide bonds. The van der Waals surface area contributed by atoms with Crippen molar-refractivity contribution in [2.45, 2.75) is 26.7 Å². The summed E-state index contributed by atoms with van der Waals surface area (Å²) < 4.78 is 0. The van der Waals surface area contributed by atoms with Gasteiger partial charge < -0.3 is 10.6 Å². The van der Waals surface area contributed by atoms with E-state index in [2.05, 4.69) is 14.9 Å². The molecule has 17 heavy (non-hydrogen) atoms. The Morgan fingerprint density at radius 3 is 2.59 bits per heavy atom. The third kappa shape index (κ3) is 3.54. The highest BCUT2D eigenvalue weighted by Crippen LogP contribution is 2.20. The molecule has 0 aliphatic carbocycles. The lowest BCUT2D eigenvalue weighted by atomic mass is 9.99. The average Bonchev–Trinajstić information content (AvgIpc) is 2.28. The molecule has 2 heterocycles. The predicted molar refractivity (Wildman–Crippen MR) is 72.7 cm³/mol. The largest absolute Gasteiger partial charge is 0.340 e. The molecule has 0 bridgehead atoms. The second kappa shape index (κ2) is 6.17. The van der Waals surface area contributed by atoms with Gasteiger partial charge in [-0.3, -0.25) is 0 Å². The quantitative estimate of drug-likeness (QED) is 0.875. The minimum absolute atomic E-state index is 0. The van der Waals surface area contributed by atoms with Crippen molar-refractivity contribution in [3.63, 3.8) is 0 Å². The van der Waals surface area contributed by atoms with Crippen LogP contribution in [0.2, 0.25) is 0 Å². The van der Waals surface area contributed by atoms with Crippen LogP contribution >= 0.6 is 12.4 Å². The Labute approximate surface area is 109 Å². The first-order valence-electron chi connectivity index (χ1n) is 5.96. The van der Waals surface area contributed by atoms with Crippen LogP contribution < -0.4 is 10.6 Å². The molecule has 1 saturated heterocycles. The number of halogens is 1. The standard InChI is InChI=1S/C12H20N4.ClH/c1-9-6-10(2)15-12(14-9)16-5-3-4-11(7-13)8-16;/h6,11H,3-5,7-8,13H2,1-2H3;1H. The van der Waals surface area contributed by atoms with Gasteiger partial charge in [-0.15, -0.1) is 12.4 Å². The Morgan fingerprint density at radius 1 is 1.35 bits per heavy atom. The van der Waals surface area contributed by atoms with E-state index in [1.54, 1.807) is 0 Å². The fraction of sp³-hybridized carbons (Fsp3) is 0.667. The van der Waals surface area contributed by atoms with Crippen LogP contribution in [-0.2, 0) is 0 Å². The molecule has 2 N–H and O–H groups in total. The smallest absolute Gasteiger partial charge is 0.225 e. The van der Waals surface area contributed by atoms with Gasteiger partial charge in [-0.25, -0.2) is 9.97 Å². The average molecular weight is 257 g/mol. The van der Waals surface area contributed by atoms with Crippen LogP contribution in [0.1, 0.15) is 24.2 Å². The Morgan fingerprint density at radius 2 is 2.00 bits per heavy atom. The molecular formula is C12H21ClN4. The zero-order chi connectivity index (χ0) is 11.5. The zero-order valence-corrected chi connectivity index (χ0v) is 11.3. The summed E-state index contributed by atoms with van der Waals surface area (Å²) in [5.41, 5.74) is 7.81. The molecule has 0 spiro atoms. The molecule has 1 atom stereocenters. The maximum Gasteiger partial charge on any atom is 0.225 e. The fourth-order valence-corrected chi connectivity index (χ4v) is 2.29. The minimum Gasteiger partial charge on any atom is -0.340 e. The molecule has 96 valence electrons. The molecule has 1 aliphatic rings. The van der Waals surface area contributed by atoms with Crippen molar-refractivity contribution in [3.8, 4) is 0 Å². The van der Waals surface area contributed by atoms with E-state index >= 15 is 0 Å². The van der Waals surface area contributed by atoms with Gasteiger partial charge in [0.2, 0.25) is 5.95 Å². The van der Waals surface area contributed by atoms with E-state index < -0.39 is 0 Å². The summed E-state index contributed by atoms with van der Waals surface area (Å²) in [7, 11) is 0. The van der Waals surface area contributed by atoms with Gasteiger partial charge in [-0.1, -0.05) is 0 Å². The van der Waals surface area contributed by atoms with Crippen molar-refractivity contribution in [2.24, 2.45) is 11.7 Å². The van der Waals surface area contributed by atoms with Gasteiger partial charge in [0.25, 0.3) is 0 Å². The Bertz CT molecular complexity index is 349. The van der Waals surface area contributed by atoms with Crippen molar-refractivity contribution in [2.75, 3.05) is 24.5 Å². The maximum absolute atomic E-state index is 5.74. The second-order valence-electron chi connectivity index (χ2n) is 4.64. The lowest BCUT2D eigenvalue weighted by molar-refractivity contribution is 0.419. The first kappa shape index (κ1) is 14.2. The molecular weight excluding hydrogens is 236 g/mol. The zero-order valence-electron chi connectivity index (χ0n) is 10.5. The lowest BCUT2D eigenvalue weighted by Gasteiger charge is -2.32. The van der Waals surface area contributed by atoms with E-state index in [9.17, 15) is 0 Å². The Hall–Kier alpha value is -0.870. The number of piperidine rings is 1. The minimum atomic E-state index is 0. The van der Waals surface area contributed by atoms with Gasteiger partial charge in [-0.2, -0.15) is 0 Å². The number of aryl methyl sites for hydroxylation is 2. The van der Waals surface area contributed by atoms with E-state index in [1.807, 2.05) is 19.9 Å². The number of rotatable bonds is 2. The highest BCUT2D eigenvalue weighted by Gasteiger charge is 2.20. The SMILES string of the molecule is Cc1cc(C)nc(N2CCCC(CN)C2)n1.Cl. The van der Waals surface area contributed by atoms with Gasteiger partial charge in [-0.05, 0) is 45.2 Å². The lowest BCUT2D eigenvalue weighted by Crippen LogP contribution is -2.39. The van der Waals surface area contributed by atoms with E-state index in [0.717, 1.165) is 37.0 Å². The first-order chi connectivity index (χ1) is 7.69. The van der Waals surface area contributed by atoms with Crippen molar-refractivity contribution >= 4 is 18.4 Å². The monoisotopic (exact) mass is 256 g/mol. The van der Waals surface area contributed by atoms with Gasteiger partial charge in [0.15, 0.2) is 0 Å². The summed E-state index contributed by atoms with van der Waals surface area (Å²) in [6, 6.07) is 2.01. The molecule has 0 aromatic carbocycles. The molecule has 5 heteroatoms. The second-order valence-corrected chi connectivity index (χ2v) is 4.64. The van der Waals surface area contributed by atoms with E-state index in [4.69, 9.17) is 5.73 Å². The maximum atomic E-state index is 5.74. The number of hydrogen-bond acceptors (Lipinski definition) is 4. The summed E-state index contributed by atoms with van der Waals surface area (Å²) in [4.78, 5) is 11.3. The van der Waals surface area contributed by atoms with Crippen molar-refractivity contribution in [1.82, 2.24) is 9.97 Å². The van der Waals surface area contributed by atoms with Crippen molar-refractivity contribution in [3.05, 3.63) is 17.5 Å². The summed E-state index contributed by atoms with van der Waals surface area (Å²) in [6.07, 6.45) is 2.43. The molecule has 1 aromatic rings. The van der Waals surface area contributed by atoms with Crippen LogP contribution in [-0.4, -0.2) is 29.6 Å². The molecule has 1 aromatic heterocycles. The van der Waals surface area contributed by atoms with Crippen LogP contribution in [0.4, 0.5) is 5.95 Å². The molecule has 1 aliphatic heterocycles. The van der Waals surface area contributed by atoms with Crippen LogP contribution in [0.3, 0.4) is 0 Å². The van der Waals surface area contributed by atoms with Gasteiger partial charge in [0.1, 0.15) is 0 Å². The Kier molecular flexibility index (Phi) is 5.15. The van der Waals surface area contributed by atoms with Crippen LogP contribution in [0.15, 0.2) is 6.07 Å². The normalized spacial score (nSPS) is 19.9. The van der Waals surface area contributed by atoms with Crippen LogP contribution in [0, 0.1) is 19.8 Å². The summed E-state index contributed by atoms with van der Waals surface area (Å²) in [6.45, 7) is 6.85. The van der Waals surface area contributed by atoms with E-state index in [1.165, 1.54) is 12.8 Å². The van der Waals surface area contributed by atoms with Gasteiger partial charge >= 0.3 is 0 Å². The molecule has 0 radical (unpaired) electrons. The number of hydrogen-bond donors (Lipinski definition) is 1. The molecule has 1 unspecified atom stereocenters. The highest BCUT2D eigenvalue weighted by atomic mass is 35.5. The van der Waals surface area contributed by atoms with Crippen molar-refractivity contribution < 1.29 is 0 Å². The van der Waals surface area contributed by atoms with E-state index in [0.29, 0.717) is 5.92 Å². The number of anilines is 1. The number of nitrogens with two attached hydrogens (primary N) is 1. The molecule has 2 rings (SSSR count). The third-order valence-corrected chi connectivity index (χ3v) is 3.11. The third-order valence-electron chi connectivity index (χ3n) is 3.11. The van der Waals surface area contributed by atoms with Gasteiger partial charge in [0.05, 0.1) is 0 Å². The highest BCUT2D eigenvalue weighted by molar-refractivity contribution is 5.85. The fourth-order valence-electron chi connectivity index (χ4n) is 2.29. The first-order valence-corrected chi connectivity index (χ1v) is 5.96. The topological polar surface area (TPSA) is 55.0 Å². The van der Waals surface area contributed by atoms with Crippen LogP contribution in [0.25, 0.3) is 0 Å².